The lowest BCUT2D eigenvalue weighted by Crippen LogP contribution is -2.52. The first-order valence-electron chi connectivity index (χ1n) is 6.24. The van der Waals surface area contributed by atoms with Gasteiger partial charge in [-0.05, 0) is 43.9 Å². The zero-order chi connectivity index (χ0) is 14.1. The molecule has 1 aliphatic rings. The van der Waals surface area contributed by atoms with E-state index in [1.807, 2.05) is 6.92 Å². The molecule has 0 unspecified atom stereocenters. The van der Waals surface area contributed by atoms with Gasteiger partial charge in [0.25, 0.3) is 15.0 Å². The summed E-state index contributed by atoms with van der Waals surface area (Å²) in [6.07, 6.45) is 3.95. The van der Waals surface area contributed by atoms with Crippen LogP contribution in [0.5, 0.6) is 0 Å². The maximum Gasteiger partial charge on any atom is 0.261 e. The molecule has 1 fully saturated rings. The number of carbonyl (C=O) groups excluding carboxylic acids is 1. The number of hydrogen-bond donors (Lipinski definition) is 1. The van der Waals surface area contributed by atoms with Gasteiger partial charge in [-0.2, -0.15) is 0 Å². The fourth-order valence-corrected chi connectivity index (χ4v) is 3.07. The minimum Gasteiger partial charge on any atom is -0.347 e. The van der Waals surface area contributed by atoms with Gasteiger partial charge in [-0.1, -0.05) is 13.0 Å². The molecule has 1 aromatic rings. The van der Waals surface area contributed by atoms with Crippen LogP contribution in [0.4, 0.5) is 0 Å². The Morgan fingerprint density at radius 3 is 2.58 bits per heavy atom. The van der Waals surface area contributed by atoms with Gasteiger partial charge in [0.1, 0.15) is 0 Å². The molecule has 0 atom stereocenters. The Morgan fingerprint density at radius 2 is 2.11 bits per heavy atom. The molecule has 1 saturated carbocycles. The van der Waals surface area contributed by atoms with Crippen LogP contribution >= 0.6 is 10.7 Å². The number of halogens is 1. The maximum atomic E-state index is 12.1. The highest BCUT2D eigenvalue weighted by molar-refractivity contribution is 8.13. The zero-order valence-corrected chi connectivity index (χ0v) is 12.2. The van der Waals surface area contributed by atoms with Crippen molar-refractivity contribution in [3.05, 3.63) is 29.8 Å². The molecule has 4 nitrogen and oxygen atoms in total. The Kier molecular flexibility index (Phi) is 3.87. The molecular formula is C13H16ClNO3S. The van der Waals surface area contributed by atoms with Crippen LogP contribution in [-0.4, -0.2) is 19.9 Å². The van der Waals surface area contributed by atoms with Gasteiger partial charge < -0.3 is 5.32 Å². The van der Waals surface area contributed by atoms with Crippen LogP contribution < -0.4 is 5.32 Å². The summed E-state index contributed by atoms with van der Waals surface area (Å²) in [7, 11) is 1.47. The van der Waals surface area contributed by atoms with Crippen LogP contribution in [0.25, 0.3) is 0 Å². The first-order chi connectivity index (χ1) is 8.86. The van der Waals surface area contributed by atoms with Crippen molar-refractivity contribution in [1.82, 2.24) is 5.32 Å². The lowest BCUT2D eigenvalue weighted by atomic mass is 9.74. The summed E-state index contributed by atoms with van der Waals surface area (Å²) in [6, 6.07) is 5.78. The van der Waals surface area contributed by atoms with Gasteiger partial charge in [0, 0.05) is 21.8 Å². The van der Waals surface area contributed by atoms with E-state index in [4.69, 9.17) is 10.7 Å². The number of benzene rings is 1. The topological polar surface area (TPSA) is 63.2 Å². The fourth-order valence-electron chi connectivity index (χ4n) is 2.27. The van der Waals surface area contributed by atoms with Crippen LogP contribution in [0.2, 0.25) is 0 Å². The average Bonchev–Trinajstić information content (AvgIpc) is 2.32. The summed E-state index contributed by atoms with van der Waals surface area (Å²) in [4.78, 5) is 12.1. The van der Waals surface area contributed by atoms with Gasteiger partial charge >= 0.3 is 0 Å². The fraction of sp³-hybridized carbons (Fsp3) is 0.462. The monoisotopic (exact) mass is 301 g/mol. The number of hydrogen-bond acceptors (Lipinski definition) is 3. The Hall–Kier alpha value is -1.07. The van der Waals surface area contributed by atoms with Crippen LogP contribution in [0.3, 0.4) is 0 Å². The highest BCUT2D eigenvalue weighted by Crippen LogP contribution is 2.34. The number of nitrogens with one attached hydrogen (secondary N) is 1. The summed E-state index contributed by atoms with van der Waals surface area (Å²) in [5.41, 5.74) is 0.203. The van der Waals surface area contributed by atoms with E-state index in [1.54, 1.807) is 6.07 Å². The van der Waals surface area contributed by atoms with Crippen molar-refractivity contribution in [1.29, 1.82) is 0 Å². The summed E-state index contributed by atoms with van der Waals surface area (Å²) in [6.45, 7) is 2.04. The molecule has 6 heteroatoms. The summed E-state index contributed by atoms with van der Waals surface area (Å²) in [5.74, 6) is -0.247. The molecule has 0 bridgehead atoms. The van der Waals surface area contributed by atoms with Crippen LogP contribution in [0.15, 0.2) is 29.2 Å². The molecule has 19 heavy (non-hydrogen) atoms. The second-order valence-electron chi connectivity index (χ2n) is 4.91. The third-order valence-electron chi connectivity index (χ3n) is 3.74. The second kappa shape index (κ2) is 5.13. The molecule has 104 valence electrons. The van der Waals surface area contributed by atoms with Crippen molar-refractivity contribution in [2.24, 2.45) is 0 Å². The first-order valence-corrected chi connectivity index (χ1v) is 8.54. The molecule has 1 aliphatic carbocycles. The van der Waals surface area contributed by atoms with E-state index in [9.17, 15) is 13.2 Å². The third-order valence-corrected chi connectivity index (χ3v) is 5.10. The van der Waals surface area contributed by atoms with E-state index in [0.29, 0.717) is 5.56 Å². The molecule has 1 aromatic carbocycles. The number of amides is 1. The molecule has 2 rings (SSSR count). The lowest BCUT2D eigenvalue weighted by Gasteiger charge is -2.42. The van der Waals surface area contributed by atoms with Gasteiger partial charge in [-0.15, -0.1) is 0 Å². The molecule has 0 aliphatic heterocycles. The first kappa shape index (κ1) is 14.3. The zero-order valence-electron chi connectivity index (χ0n) is 10.6. The van der Waals surface area contributed by atoms with Crippen molar-refractivity contribution in [3.8, 4) is 0 Å². The Labute approximate surface area is 117 Å². The molecule has 0 aromatic heterocycles. The molecule has 1 N–H and O–H groups in total. The normalized spacial score (nSPS) is 17.6. The predicted molar refractivity (Wildman–Crippen MR) is 73.8 cm³/mol. The smallest absolute Gasteiger partial charge is 0.261 e. The van der Waals surface area contributed by atoms with Crippen molar-refractivity contribution in [3.63, 3.8) is 0 Å². The lowest BCUT2D eigenvalue weighted by molar-refractivity contribution is 0.0820. The Morgan fingerprint density at radius 1 is 1.42 bits per heavy atom. The van der Waals surface area contributed by atoms with Crippen LogP contribution in [0.1, 0.15) is 43.0 Å². The van der Waals surface area contributed by atoms with Gasteiger partial charge in [-0.3, -0.25) is 4.79 Å². The molecule has 0 spiro atoms. The largest absolute Gasteiger partial charge is 0.347 e. The SMILES string of the molecule is CCC1(NC(=O)c2cccc(S(=O)(=O)Cl)c2)CCC1. The quantitative estimate of drug-likeness (QED) is 0.870. The standard InChI is InChI=1S/C13H16ClNO3S/c1-2-13(7-4-8-13)15-12(16)10-5-3-6-11(9-10)19(14,17)18/h3,5-6,9H,2,4,7-8H2,1H3,(H,15,16). The maximum absolute atomic E-state index is 12.1. The van der Waals surface area contributed by atoms with Gasteiger partial charge in [0.15, 0.2) is 0 Å². The molecule has 0 radical (unpaired) electrons. The van der Waals surface area contributed by atoms with Crippen molar-refractivity contribution in [2.45, 2.75) is 43.0 Å². The van der Waals surface area contributed by atoms with Crippen molar-refractivity contribution < 1.29 is 13.2 Å². The van der Waals surface area contributed by atoms with Gasteiger partial charge in [-0.25, -0.2) is 8.42 Å². The predicted octanol–water partition coefficient (Wildman–Crippen LogP) is 2.68. The van der Waals surface area contributed by atoms with E-state index < -0.39 is 9.05 Å². The molecule has 1 amide bonds. The Bertz CT molecular complexity index is 588. The number of carbonyl (C=O) groups is 1. The van der Waals surface area contributed by atoms with E-state index in [2.05, 4.69) is 5.32 Å². The molecular weight excluding hydrogens is 286 g/mol. The third kappa shape index (κ3) is 3.09. The summed E-state index contributed by atoms with van der Waals surface area (Å²) in [5, 5.41) is 3.00. The second-order valence-corrected chi connectivity index (χ2v) is 7.47. The number of rotatable bonds is 4. The van der Waals surface area contributed by atoms with Crippen molar-refractivity contribution in [2.75, 3.05) is 0 Å². The average molecular weight is 302 g/mol. The summed E-state index contributed by atoms with van der Waals surface area (Å²) >= 11 is 0. The van der Waals surface area contributed by atoms with E-state index >= 15 is 0 Å². The highest BCUT2D eigenvalue weighted by Gasteiger charge is 2.36. The highest BCUT2D eigenvalue weighted by atomic mass is 35.7. The van der Waals surface area contributed by atoms with Gasteiger partial charge in [0.2, 0.25) is 0 Å². The Balaban J connectivity index is 2.20. The summed E-state index contributed by atoms with van der Waals surface area (Å²) < 4.78 is 22.5. The van der Waals surface area contributed by atoms with E-state index in [0.717, 1.165) is 25.7 Å². The van der Waals surface area contributed by atoms with Gasteiger partial charge in [0.05, 0.1) is 4.90 Å². The van der Waals surface area contributed by atoms with Crippen molar-refractivity contribution >= 4 is 25.6 Å². The van der Waals surface area contributed by atoms with Crippen LogP contribution in [0, 0.1) is 0 Å². The molecule has 0 saturated heterocycles. The minimum atomic E-state index is -3.81. The molecule has 0 heterocycles. The minimum absolute atomic E-state index is 0.0547. The van der Waals surface area contributed by atoms with E-state index in [1.165, 1.54) is 18.2 Å². The van der Waals surface area contributed by atoms with Crippen LogP contribution in [-0.2, 0) is 9.05 Å². The van der Waals surface area contributed by atoms with E-state index in [-0.39, 0.29) is 16.3 Å².